The Hall–Kier alpha value is -3.31. The maximum atomic E-state index is 14.2. The van der Waals surface area contributed by atoms with Gasteiger partial charge in [0.25, 0.3) is 0 Å². The van der Waals surface area contributed by atoms with E-state index in [1.54, 1.807) is 46.2 Å². The molecular weight excluding hydrogens is 732 g/mol. The van der Waals surface area contributed by atoms with Crippen LogP contribution in [0.5, 0.6) is 0 Å². The standard InChI is InChI=1S/C42H70N6O9/c1-12-32(47(9)10)37(51)40(55-14-3)57-38-27(5)36(50)28(6)39(52)56-35(13-2)42(8,53)34(23-33(49)26(4)24-41(38,7)54-11)44-20-15-16-21-48-25-31(45-46-48)29-18-17-19-30(43)22-29/h17-19,22,25-28,32,34-35,37-38,40,44,51,53H,12-16,20-21,23-24,43H2,1-11H3/t26-,27+,28-,32?,34-,35-,37?,38-,40+,41-,42+/m1/s1. The fourth-order valence-corrected chi connectivity index (χ4v) is 7.99. The SMILES string of the molecule is CCO[C@@H](O[C@@H]1[C@@H](C)C(=O)[C@@H](C)C(=O)O[C@H](CC)[C@@](C)(O)[C@H](NCCCCn2cc(-c3cccc(N)c3)nn2)CC(=O)[C@H](C)C[C@@]1(C)OC)C(O)C(CC)N(C)C. The Morgan fingerprint density at radius 3 is 2.42 bits per heavy atom. The molecule has 1 aromatic heterocycles. The van der Waals surface area contributed by atoms with E-state index in [1.807, 2.05) is 56.4 Å². The molecule has 15 heteroatoms. The number of aromatic nitrogens is 3. The Bertz CT molecular complexity index is 1590. The summed E-state index contributed by atoms with van der Waals surface area (Å²) in [6.45, 7) is 15.1. The van der Waals surface area contributed by atoms with Crippen LogP contribution in [0.1, 0.15) is 93.9 Å². The van der Waals surface area contributed by atoms with Gasteiger partial charge in [-0.25, -0.2) is 0 Å². The molecule has 1 saturated heterocycles. The average molecular weight is 803 g/mol. The lowest BCUT2D eigenvalue weighted by Gasteiger charge is -2.44. The van der Waals surface area contributed by atoms with Gasteiger partial charge in [0.2, 0.25) is 0 Å². The molecule has 2 unspecified atom stereocenters. The number of aliphatic hydroxyl groups excluding tert-OH is 1. The first-order chi connectivity index (χ1) is 26.8. The molecule has 3 rings (SSSR count). The number of nitrogen functional groups attached to an aromatic ring is 1. The number of carbonyl (C=O) groups is 3. The number of nitrogens with zero attached hydrogens (tertiary/aromatic N) is 4. The molecule has 57 heavy (non-hydrogen) atoms. The van der Waals surface area contributed by atoms with Crippen molar-refractivity contribution in [2.24, 2.45) is 17.8 Å². The number of nitrogens with two attached hydrogens (primary N) is 1. The lowest BCUT2D eigenvalue weighted by atomic mass is 9.76. The van der Waals surface area contributed by atoms with Crippen LogP contribution in [0.25, 0.3) is 11.3 Å². The Morgan fingerprint density at radius 2 is 1.82 bits per heavy atom. The molecular formula is C42H70N6O9. The Labute approximate surface area is 339 Å². The van der Waals surface area contributed by atoms with Gasteiger partial charge >= 0.3 is 5.97 Å². The minimum atomic E-state index is -1.67. The molecule has 11 atom stereocenters. The number of rotatable bonds is 17. The summed E-state index contributed by atoms with van der Waals surface area (Å²) < 4.78 is 26.4. The first kappa shape index (κ1) is 48.1. The van der Waals surface area contributed by atoms with Gasteiger partial charge in [-0.3, -0.25) is 19.1 Å². The third-order valence-electron chi connectivity index (χ3n) is 11.7. The van der Waals surface area contributed by atoms with E-state index in [2.05, 4.69) is 15.6 Å². The first-order valence-electron chi connectivity index (χ1n) is 20.5. The molecule has 0 aliphatic carbocycles. The number of anilines is 1. The van der Waals surface area contributed by atoms with Gasteiger partial charge in [-0.15, -0.1) is 5.10 Å². The quantitative estimate of drug-likeness (QED) is 0.0588. The van der Waals surface area contributed by atoms with Gasteiger partial charge in [0, 0.05) is 61.9 Å². The highest BCUT2D eigenvalue weighted by atomic mass is 16.7. The molecule has 2 aromatic rings. The van der Waals surface area contributed by atoms with Crippen molar-refractivity contribution in [3.8, 4) is 11.3 Å². The molecule has 1 aliphatic heterocycles. The number of methoxy groups -OCH3 is 1. The smallest absolute Gasteiger partial charge is 0.316 e. The number of cyclic esters (lactones) is 1. The van der Waals surface area contributed by atoms with E-state index in [4.69, 9.17) is 24.7 Å². The van der Waals surface area contributed by atoms with E-state index >= 15 is 0 Å². The molecule has 5 N–H and O–H groups in total. The van der Waals surface area contributed by atoms with Gasteiger partial charge < -0.3 is 45.1 Å². The number of carbonyl (C=O) groups excluding carboxylic acids is 3. The second-order valence-electron chi connectivity index (χ2n) is 16.3. The third kappa shape index (κ3) is 12.4. The largest absolute Gasteiger partial charge is 0.459 e. The fourth-order valence-electron chi connectivity index (χ4n) is 7.99. The van der Waals surface area contributed by atoms with Gasteiger partial charge in [0.05, 0.1) is 17.9 Å². The lowest BCUT2D eigenvalue weighted by molar-refractivity contribution is -0.265. The van der Waals surface area contributed by atoms with Gasteiger partial charge in [-0.2, -0.15) is 0 Å². The molecule has 0 bridgehead atoms. The van der Waals surface area contributed by atoms with Crippen molar-refractivity contribution in [2.45, 2.75) is 148 Å². The molecule has 322 valence electrons. The van der Waals surface area contributed by atoms with Crippen molar-refractivity contribution in [2.75, 3.05) is 40.1 Å². The second-order valence-corrected chi connectivity index (χ2v) is 16.3. The topological polar surface area (TPSA) is 201 Å². The summed E-state index contributed by atoms with van der Waals surface area (Å²) >= 11 is 0. The predicted molar refractivity (Wildman–Crippen MR) is 218 cm³/mol. The summed E-state index contributed by atoms with van der Waals surface area (Å²) in [6, 6.07) is 6.33. The molecule has 1 fully saturated rings. The lowest BCUT2D eigenvalue weighted by Crippen LogP contribution is -2.59. The summed E-state index contributed by atoms with van der Waals surface area (Å²) in [4.78, 5) is 44.0. The van der Waals surface area contributed by atoms with E-state index in [9.17, 15) is 24.6 Å². The molecule has 0 amide bonds. The summed E-state index contributed by atoms with van der Waals surface area (Å²) in [5.74, 6) is -4.19. The maximum Gasteiger partial charge on any atom is 0.316 e. The number of hydrogen-bond donors (Lipinski definition) is 4. The average Bonchev–Trinajstić information content (AvgIpc) is 3.65. The van der Waals surface area contributed by atoms with Crippen LogP contribution < -0.4 is 11.1 Å². The highest BCUT2D eigenvalue weighted by Gasteiger charge is 2.50. The van der Waals surface area contributed by atoms with E-state index in [1.165, 1.54) is 14.0 Å². The van der Waals surface area contributed by atoms with Crippen LogP contribution >= 0.6 is 0 Å². The molecule has 1 aliphatic rings. The number of Topliss-reactive ketones (excluding diaryl/α,β-unsaturated/α-hetero) is 2. The Morgan fingerprint density at radius 1 is 1.12 bits per heavy atom. The molecule has 0 saturated carbocycles. The van der Waals surface area contributed by atoms with Gasteiger partial charge in [0.1, 0.15) is 35.2 Å². The number of nitrogens with one attached hydrogen (secondary N) is 1. The molecule has 2 heterocycles. The number of aliphatic hydroxyl groups is 2. The zero-order valence-electron chi connectivity index (χ0n) is 36.1. The number of unbranched alkanes of at least 4 members (excludes halogenated alkanes) is 1. The zero-order valence-corrected chi connectivity index (χ0v) is 36.1. The number of benzene rings is 1. The normalized spacial score (nSPS) is 29.8. The zero-order chi connectivity index (χ0) is 42.7. The van der Waals surface area contributed by atoms with E-state index < -0.39 is 71.4 Å². The summed E-state index contributed by atoms with van der Waals surface area (Å²) in [5, 5.41) is 35.5. The van der Waals surface area contributed by atoms with Gasteiger partial charge in [-0.05, 0) is 92.6 Å². The first-order valence-corrected chi connectivity index (χ1v) is 20.5. The molecule has 0 radical (unpaired) electrons. The van der Waals surface area contributed by atoms with Crippen LogP contribution in [0.3, 0.4) is 0 Å². The minimum Gasteiger partial charge on any atom is -0.459 e. The van der Waals surface area contributed by atoms with Crippen molar-refractivity contribution in [1.82, 2.24) is 25.2 Å². The van der Waals surface area contributed by atoms with E-state index in [0.717, 1.165) is 17.7 Å². The number of ketones is 2. The highest BCUT2D eigenvalue weighted by molar-refractivity contribution is 6.00. The Balaban J connectivity index is 1.89. The summed E-state index contributed by atoms with van der Waals surface area (Å²) in [7, 11) is 5.20. The summed E-state index contributed by atoms with van der Waals surface area (Å²) in [5.41, 5.74) is 5.25. The monoisotopic (exact) mass is 803 g/mol. The predicted octanol–water partition coefficient (Wildman–Crippen LogP) is 4.03. The van der Waals surface area contributed by atoms with Crippen molar-refractivity contribution < 1.29 is 43.5 Å². The number of hydrogen-bond acceptors (Lipinski definition) is 14. The van der Waals surface area contributed by atoms with Crippen LogP contribution in [-0.4, -0.2) is 130 Å². The molecule has 15 nitrogen and oxygen atoms in total. The molecule has 1 aromatic carbocycles. The third-order valence-corrected chi connectivity index (χ3v) is 11.7. The van der Waals surface area contributed by atoms with Crippen LogP contribution in [0, 0.1) is 17.8 Å². The van der Waals surface area contributed by atoms with Crippen LogP contribution in [0.15, 0.2) is 30.5 Å². The number of aryl methyl sites for hydroxylation is 1. The van der Waals surface area contributed by atoms with Gasteiger partial charge in [-0.1, -0.05) is 45.0 Å². The maximum absolute atomic E-state index is 14.2. The number of ether oxygens (including phenoxy) is 4. The number of esters is 1. The Kier molecular flexibility index (Phi) is 18.2. The van der Waals surface area contributed by atoms with Crippen LogP contribution in [0.2, 0.25) is 0 Å². The highest BCUT2D eigenvalue weighted by Crippen LogP contribution is 2.36. The minimum absolute atomic E-state index is 0.0640. The molecule has 0 spiro atoms. The fraction of sp³-hybridized carbons (Fsp3) is 0.738. The van der Waals surface area contributed by atoms with Crippen LogP contribution in [-0.2, 0) is 39.9 Å². The van der Waals surface area contributed by atoms with E-state index in [0.29, 0.717) is 31.6 Å². The van der Waals surface area contributed by atoms with Crippen molar-refractivity contribution in [3.63, 3.8) is 0 Å². The van der Waals surface area contributed by atoms with E-state index in [-0.39, 0.29) is 37.7 Å². The van der Waals surface area contributed by atoms with Crippen molar-refractivity contribution in [3.05, 3.63) is 30.5 Å². The second kappa shape index (κ2) is 21.6. The summed E-state index contributed by atoms with van der Waals surface area (Å²) in [6.07, 6.45) is -0.102. The van der Waals surface area contributed by atoms with Gasteiger partial charge in [0.15, 0.2) is 12.1 Å². The number of likely N-dealkylation sites (N-methyl/N-ethyl adjacent to an activating group) is 1. The van der Waals surface area contributed by atoms with Crippen molar-refractivity contribution in [1.29, 1.82) is 0 Å². The van der Waals surface area contributed by atoms with Crippen molar-refractivity contribution >= 4 is 23.2 Å². The van der Waals surface area contributed by atoms with Crippen LogP contribution in [0.4, 0.5) is 5.69 Å².